The van der Waals surface area contributed by atoms with E-state index in [1.54, 1.807) is 30.7 Å². The van der Waals surface area contributed by atoms with Crippen LogP contribution in [-0.2, 0) is 6.42 Å². The van der Waals surface area contributed by atoms with E-state index in [4.69, 9.17) is 0 Å². The zero-order chi connectivity index (χ0) is 14.5. The fourth-order valence-electron chi connectivity index (χ4n) is 2.16. The van der Waals surface area contributed by atoms with E-state index in [0.29, 0.717) is 12.0 Å². The van der Waals surface area contributed by atoms with Gasteiger partial charge in [0.15, 0.2) is 5.78 Å². The molecule has 1 aromatic carbocycles. The molecule has 0 saturated heterocycles. The highest BCUT2D eigenvalue weighted by Gasteiger charge is 2.07. The van der Waals surface area contributed by atoms with Crippen molar-refractivity contribution in [3.05, 3.63) is 84.4 Å². The van der Waals surface area contributed by atoms with Crippen molar-refractivity contribution < 1.29 is 4.79 Å². The van der Waals surface area contributed by atoms with Gasteiger partial charge in [0.1, 0.15) is 0 Å². The Labute approximate surface area is 123 Å². The van der Waals surface area contributed by atoms with Crippen molar-refractivity contribution in [2.75, 3.05) is 0 Å². The molecule has 0 saturated carbocycles. The van der Waals surface area contributed by atoms with E-state index < -0.39 is 0 Å². The van der Waals surface area contributed by atoms with Gasteiger partial charge in [-0.05, 0) is 34.9 Å². The Balaban J connectivity index is 1.75. The maximum absolute atomic E-state index is 12.1. The maximum Gasteiger partial charge on any atom is 0.168 e. The fraction of sp³-hybridized carbons (Fsp3) is 0.0556. The summed E-state index contributed by atoms with van der Waals surface area (Å²) in [7, 11) is 0. The van der Waals surface area contributed by atoms with Gasteiger partial charge >= 0.3 is 0 Å². The van der Waals surface area contributed by atoms with Gasteiger partial charge in [0, 0.05) is 36.8 Å². The second kappa shape index (κ2) is 6.09. The number of aromatic nitrogens is 2. The first-order valence-corrected chi connectivity index (χ1v) is 6.75. The van der Waals surface area contributed by atoms with E-state index in [-0.39, 0.29) is 5.78 Å². The molecule has 0 bridgehead atoms. The average molecular weight is 274 g/mol. The lowest BCUT2D eigenvalue weighted by Crippen LogP contribution is -2.03. The first-order chi connectivity index (χ1) is 10.3. The molecule has 0 unspecified atom stereocenters. The molecule has 3 aromatic rings. The van der Waals surface area contributed by atoms with Gasteiger partial charge in [-0.3, -0.25) is 14.8 Å². The van der Waals surface area contributed by atoms with Crippen LogP contribution >= 0.6 is 0 Å². The summed E-state index contributed by atoms with van der Waals surface area (Å²) in [4.78, 5) is 20.2. The normalized spacial score (nSPS) is 10.3. The Kier molecular flexibility index (Phi) is 3.83. The van der Waals surface area contributed by atoms with Gasteiger partial charge in [0.05, 0.1) is 0 Å². The number of hydrogen-bond donors (Lipinski definition) is 0. The first kappa shape index (κ1) is 13.2. The summed E-state index contributed by atoms with van der Waals surface area (Å²) < 4.78 is 0. The average Bonchev–Trinajstić information content (AvgIpc) is 2.57. The number of nitrogens with zero attached hydrogens (tertiary/aromatic N) is 2. The van der Waals surface area contributed by atoms with Crippen molar-refractivity contribution in [2.24, 2.45) is 0 Å². The monoisotopic (exact) mass is 274 g/mol. The van der Waals surface area contributed by atoms with E-state index >= 15 is 0 Å². The molecule has 0 atom stereocenters. The van der Waals surface area contributed by atoms with Crippen molar-refractivity contribution in [1.29, 1.82) is 0 Å². The molecule has 3 nitrogen and oxygen atoms in total. The molecule has 0 amide bonds. The minimum atomic E-state index is 0.0808. The highest BCUT2D eigenvalue weighted by Crippen LogP contribution is 2.19. The van der Waals surface area contributed by atoms with Gasteiger partial charge in [0.25, 0.3) is 0 Å². The van der Waals surface area contributed by atoms with Crippen LogP contribution in [0.3, 0.4) is 0 Å². The minimum absolute atomic E-state index is 0.0808. The molecule has 0 aliphatic heterocycles. The van der Waals surface area contributed by atoms with E-state index in [9.17, 15) is 4.79 Å². The highest BCUT2D eigenvalue weighted by molar-refractivity contribution is 5.97. The van der Waals surface area contributed by atoms with Gasteiger partial charge in [-0.15, -0.1) is 0 Å². The van der Waals surface area contributed by atoms with Crippen LogP contribution in [0.2, 0.25) is 0 Å². The fourth-order valence-corrected chi connectivity index (χ4v) is 2.16. The molecule has 0 fully saturated rings. The molecule has 0 N–H and O–H groups in total. The van der Waals surface area contributed by atoms with Crippen molar-refractivity contribution >= 4 is 5.78 Å². The van der Waals surface area contributed by atoms with Gasteiger partial charge in [-0.25, -0.2) is 0 Å². The number of benzene rings is 1. The molecule has 3 rings (SSSR count). The summed E-state index contributed by atoms with van der Waals surface area (Å²) >= 11 is 0. The van der Waals surface area contributed by atoms with E-state index in [2.05, 4.69) is 9.97 Å². The largest absolute Gasteiger partial charge is 0.294 e. The van der Waals surface area contributed by atoms with E-state index in [0.717, 1.165) is 16.7 Å². The molecular formula is C18H14N2O. The molecule has 2 heterocycles. The number of Topliss-reactive ketones (excluding diaryl/α,β-unsaturated/α-hetero) is 1. The summed E-state index contributed by atoms with van der Waals surface area (Å²) in [6.45, 7) is 0. The second-order valence-electron chi connectivity index (χ2n) is 4.78. The van der Waals surface area contributed by atoms with Crippen LogP contribution in [0.1, 0.15) is 15.9 Å². The number of rotatable bonds is 4. The lowest BCUT2D eigenvalue weighted by molar-refractivity contribution is 0.0992. The highest BCUT2D eigenvalue weighted by atomic mass is 16.1. The predicted molar refractivity (Wildman–Crippen MR) is 81.9 cm³/mol. The Bertz CT molecular complexity index is 722. The third-order valence-electron chi connectivity index (χ3n) is 3.30. The molecule has 0 spiro atoms. The van der Waals surface area contributed by atoms with Crippen molar-refractivity contribution in [3.8, 4) is 11.1 Å². The zero-order valence-electron chi connectivity index (χ0n) is 11.4. The molecule has 0 aliphatic carbocycles. The topological polar surface area (TPSA) is 42.9 Å². The lowest BCUT2D eigenvalue weighted by atomic mass is 10.0. The standard InChI is InChI=1S/C18H14N2O/c21-18(17-4-2-10-20-13-17)11-14-5-7-15(8-6-14)16-3-1-9-19-12-16/h1-10,12-13H,11H2. The second-order valence-corrected chi connectivity index (χ2v) is 4.78. The number of ketones is 1. The van der Waals surface area contributed by atoms with Gasteiger partial charge < -0.3 is 0 Å². The van der Waals surface area contributed by atoms with Crippen molar-refractivity contribution in [3.63, 3.8) is 0 Å². The first-order valence-electron chi connectivity index (χ1n) is 6.75. The quantitative estimate of drug-likeness (QED) is 0.683. The predicted octanol–water partition coefficient (Wildman–Crippen LogP) is 3.57. The Hall–Kier alpha value is -2.81. The molecule has 0 aliphatic rings. The molecule has 2 aromatic heterocycles. The Morgan fingerprint density at radius 3 is 2.14 bits per heavy atom. The van der Waals surface area contributed by atoms with Crippen LogP contribution < -0.4 is 0 Å². The Morgan fingerprint density at radius 2 is 1.52 bits per heavy atom. The summed E-state index contributed by atoms with van der Waals surface area (Å²) in [6, 6.07) is 15.5. The van der Waals surface area contributed by atoms with Crippen LogP contribution in [0, 0.1) is 0 Å². The van der Waals surface area contributed by atoms with Crippen LogP contribution in [0.15, 0.2) is 73.3 Å². The maximum atomic E-state index is 12.1. The summed E-state index contributed by atoms with van der Waals surface area (Å²) in [5.74, 6) is 0.0808. The molecule has 21 heavy (non-hydrogen) atoms. The van der Waals surface area contributed by atoms with Gasteiger partial charge in [-0.1, -0.05) is 30.3 Å². The van der Waals surface area contributed by atoms with E-state index in [1.807, 2.05) is 42.6 Å². The van der Waals surface area contributed by atoms with Crippen molar-refractivity contribution in [2.45, 2.75) is 6.42 Å². The number of carbonyl (C=O) groups excluding carboxylic acids is 1. The summed E-state index contributed by atoms with van der Waals surface area (Å²) in [6.07, 6.45) is 7.24. The van der Waals surface area contributed by atoms with Crippen LogP contribution in [0.25, 0.3) is 11.1 Å². The number of pyridine rings is 2. The number of hydrogen-bond acceptors (Lipinski definition) is 3. The SMILES string of the molecule is O=C(Cc1ccc(-c2cccnc2)cc1)c1cccnc1. The third-order valence-corrected chi connectivity index (χ3v) is 3.30. The summed E-state index contributed by atoms with van der Waals surface area (Å²) in [5, 5.41) is 0. The third kappa shape index (κ3) is 3.20. The summed E-state index contributed by atoms with van der Waals surface area (Å²) in [5.41, 5.74) is 3.81. The lowest BCUT2D eigenvalue weighted by Gasteiger charge is -2.04. The number of carbonyl (C=O) groups is 1. The van der Waals surface area contributed by atoms with Crippen molar-refractivity contribution in [1.82, 2.24) is 9.97 Å². The van der Waals surface area contributed by atoms with Crippen LogP contribution in [0.4, 0.5) is 0 Å². The van der Waals surface area contributed by atoms with Gasteiger partial charge in [-0.2, -0.15) is 0 Å². The Morgan fingerprint density at radius 1 is 0.810 bits per heavy atom. The van der Waals surface area contributed by atoms with E-state index in [1.165, 1.54) is 0 Å². The zero-order valence-corrected chi connectivity index (χ0v) is 11.4. The smallest absolute Gasteiger partial charge is 0.168 e. The molecular weight excluding hydrogens is 260 g/mol. The van der Waals surface area contributed by atoms with Gasteiger partial charge in [0.2, 0.25) is 0 Å². The molecule has 0 radical (unpaired) electrons. The van der Waals surface area contributed by atoms with Crippen LogP contribution in [-0.4, -0.2) is 15.8 Å². The minimum Gasteiger partial charge on any atom is -0.294 e. The van der Waals surface area contributed by atoms with Crippen LogP contribution in [0.5, 0.6) is 0 Å². The molecule has 3 heteroatoms. The molecule has 102 valence electrons.